The summed E-state index contributed by atoms with van der Waals surface area (Å²) < 4.78 is 30.4. The van der Waals surface area contributed by atoms with Crippen molar-refractivity contribution in [2.75, 3.05) is 23.4 Å². The fraction of sp³-hybridized carbons (Fsp3) is 0.263. The first-order valence-electron chi connectivity index (χ1n) is 9.13. The summed E-state index contributed by atoms with van der Waals surface area (Å²) in [6.07, 6.45) is 2.63. The standard InChI is InChI=1S/C19H20N4O5S/c24-10-9-20-13-1-6-16(7-2-13)29(26,27)28-15-5-8-17-18(11-15)22-19(21-17)23(12-25)14-3-4-14/h1-2,5-8,11-12,14,20,24H,3-4,9-10H2,(H,21,22). The lowest BCUT2D eigenvalue weighted by atomic mass is 10.3. The van der Waals surface area contributed by atoms with Crippen LogP contribution in [0.1, 0.15) is 12.8 Å². The second-order valence-corrected chi connectivity index (χ2v) is 8.24. The van der Waals surface area contributed by atoms with E-state index in [0.29, 0.717) is 29.2 Å². The average molecular weight is 416 g/mol. The molecule has 3 aromatic rings. The van der Waals surface area contributed by atoms with E-state index in [9.17, 15) is 13.2 Å². The Labute approximate surface area is 167 Å². The fourth-order valence-electron chi connectivity index (χ4n) is 2.92. The van der Waals surface area contributed by atoms with Crippen molar-refractivity contribution in [3.63, 3.8) is 0 Å². The Kier molecular flexibility index (Phi) is 5.12. The molecule has 0 radical (unpaired) electrons. The molecule has 0 spiro atoms. The molecule has 29 heavy (non-hydrogen) atoms. The molecule has 0 aliphatic heterocycles. The molecular weight excluding hydrogens is 396 g/mol. The number of hydrogen-bond donors (Lipinski definition) is 3. The number of anilines is 2. The molecular formula is C19H20N4O5S. The molecule has 152 valence electrons. The van der Waals surface area contributed by atoms with Crippen molar-refractivity contribution in [3.8, 4) is 5.75 Å². The number of hydrogen-bond acceptors (Lipinski definition) is 7. The van der Waals surface area contributed by atoms with E-state index in [-0.39, 0.29) is 23.3 Å². The largest absolute Gasteiger partial charge is 0.395 e. The first kappa shape index (κ1) is 19.2. The quantitative estimate of drug-likeness (QED) is 0.359. The minimum atomic E-state index is -4.02. The highest BCUT2D eigenvalue weighted by Crippen LogP contribution is 2.31. The van der Waals surface area contributed by atoms with Crippen LogP contribution in [0.4, 0.5) is 11.6 Å². The van der Waals surface area contributed by atoms with Gasteiger partial charge in [-0.2, -0.15) is 8.42 Å². The van der Waals surface area contributed by atoms with Gasteiger partial charge in [-0.1, -0.05) is 0 Å². The number of fused-ring (bicyclic) bond motifs is 1. The third kappa shape index (κ3) is 4.17. The van der Waals surface area contributed by atoms with Crippen LogP contribution in [-0.2, 0) is 14.9 Å². The Balaban J connectivity index is 1.54. The van der Waals surface area contributed by atoms with Crippen LogP contribution in [-0.4, -0.2) is 49.1 Å². The van der Waals surface area contributed by atoms with Crippen LogP contribution < -0.4 is 14.4 Å². The van der Waals surface area contributed by atoms with Crippen molar-refractivity contribution in [2.45, 2.75) is 23.8 Å². The van der Waals surface area contributed by atoms with Crippen molar-refractivity contribution in [2.24, 2.45) is 0 Å². The molecule has 9 nitrogen and oxygen atoms in total. The molecule has 1 amide bonds. The zero-order valence-electron chi connectivity index (χ0n) is 15.4. The summed E-state index contributed by atoms with van der Waals surface area (Å²) >= 11 is 0. The zero-order chi connectivity index (χ0) is 20.4. The molecule has 3 N–H and O–H groups in total. The molecule has 2 aromatic carbocycles. The summed E-state index contributed by atoms with van der Waals surface area (Å²) in [4.78, 5) is 20.3. The molecule has 1 aliphatic rings. The number of nitrogens with one attached hydrogen (secondary N) is 2. The molecule has 0 bridgehead atoms. The fourth-order valence-corrected chi connectivity index (χ4v) is 3.85. The van der Waals surface area contributed by atoms with Gasteiger partial charge in [-0.15, -0.1) is 0 Å². The van der Waals surface area contributed by atoms with Crippen LogP contribution in [0, 0.1) is 0 Å². The van der Waals surface area contributed by atoms with Gasteiger partial charge >= 0.3 is 10.1 Å². The summed E-state index contributed by atoms with van der Waals surface area (Å²) in [5.74, 6) is 0.561. The molecule has 1 aromatic heterocycles. The lowest BCUT2D eigenvalue weighted by Crippen LogP contribution is -2.24. The monoisotopic (exact) mass is 416 g/mol. The van der Waals surface area contributed by atoms with Crippen LogP contribution in [0.5, 0.6) is 5.75 Å². The van der Waals surface area contributed by atoms with Crippen molar-refractivity contribution < 1.29 is 22.5 Å². The van der Waals surface area contributed by atoms with Crippen molar-refractivity contribution >= 4 is 39.2 Å². The number of benzene rings is 2. The zero-order valence-corrected chi connectivity index (χ0v) is 16.2. The second kappa shape index (κ2) is 7.72. The van der Waals surface area contributed by atoms with E-state index in [1.165, 1.54) is 24.3 Å². The number of imidazole rings is 1. The summed E-state index contributed by atoms with van der Waals surface area (Å²) in [7, 11) is -4.02. The highest BCUT2D eigenvalue weighted by atomic mass is 32.2. The van der Waals surface area contributed by atoms with E-state index in [1.54, 1.807) is 23.1 Å². The molecule has 0 saturated heterocycles. The Morgan fingerprint density at radius 2 is 2.00 bits per heavy atom. The predicted octanol–water partition coefficient (Wildman–Crippen LogP) is 1.86. The number of carbonyl (C=O) groups is 1. The highest BCUT2D eigenvalue weighted by molar-refractivity contribution is 7.87. The molecule has 10 heteroatoms. The van der Waals surface area contributed by atoms with Gasteiger partial charge in [-0.25, -0.2) is 4.98 Å². The minimum Gasteiger partial charge on any atom is -0.395 e. The highest BCUT2D eigenvalue weighted by Gasteiger charge is 2.31. The molecule has 0 unspecified atom stereocenters. The smallest absolute Gasteiger partial charge is 0.339 e. The molecule has 1 saturated carbocycles. The number of amides is 1. The number of aromatic amines is 1. The average Bonchev–Trinajstić information content (AvgIpc) is 3.45. The van der Waals surface area contributed by atoms with Crippen molar-refractivity contribution in [1.29, 1.82) is 0 Å². The number of H-pyrrole nitrogens is 1. The molecule has 1 aliphatic carbocycles. The Bertz CT molecular complexity index is 1120. The number of nitrogens with zero attached hydrogens (tertiary/aromatic N) is 2. The van der Waals surface area contributed by atoms with Crippen LogP contribution in [0.25, 0.3) is 11.0 Å². The summed E-state index contributed by atoms with van der Waals surface area (Å²) in [5.41, 5.74) is 1.87. The summed E-state index contributed by atoms with van der Waals surface area (Å²) in [6, 6.07) is 10.9. The lowest BCUT2D eigenvalue weighted by molar-refractivity contribution is -0.107. The first-order valence-corrected chi connectivity index (χ1v) is 10.5. The van der Waals surface area contributed by atoms with Crippen molar-refractivity contribution in [1.82, 2.24) is 9.97 Å². The second-order valence-electron chi connectivity index (χ2n) is 6.70. The third-order valence-corrected chi connectivity index (χ3v) is 5.79. The van der Waals surface area contributed by atoms with Gasteiger partial charge in [-0.05, 0) is 49.2 Å². The number of aromatic nitrogens is 2. The van der Waals surface area contributed by atoms with Gasteiger partial charge in [0.05, 0.1) is 17.6 Å². The maximum atomic E-state index is 12.6. The number of aliphatic hydroxyl groups is 1. The van der Waals surface area contributed by atoms with Crippen molar-refractivity contribution in [3.05, 3.63) is 42.5 Å². The maximum Gasteiger partial charge on any atom is 0.339 e. The lowest BCUT2D eigenvalue weighted by Gasteiger charge is -2.11. The van der Waals surface area contributed by atoms with Gasteiger partial charge in [-0.3, -0.25) is 9.69 Å². The Morgan fingerprint density at radius 1 is 1.24 bits per heavy atom. The first-order chi connectivity index (χ1) is 14.0. The number of carbonyl (C=O) groups excluding carboxylic acids is 1. The van der Waals surface area contributed by atoms with Crippen LogP contribution >= 0.6 is 0 Å². The van der Waals surface area contributed by atoms with Gasteiger partial charge in [0.25, 0.3) is 0 Å². The summed E-state index contributed by atoms with van der Waals surface area (Å²) in [5, 5.41) is 11.8. The topological polar surface area (TPSA) is 125 Å². The van der Waals surface area contributed by atoms with Crippen LogP contribution in [0.3, 0.4) is 0 Å². The van der Waals surface area contributed by atoms with Gasteiger partial charge < -0.3 is 19.6 Å². The van der Waals surface area contributed by atoms with E-state index in [1.807, 2.05) is 0 Å². The summed E-state index contributed by atoms with van der Waals surface area (Å²) in [6.45, 7) is 0.350. The van der Waals surface area contributed by atoms with Crippen LogP contribution in [0.2, 0.25) is 0 Å². The van der Waals surface area contributed by atoms with Gasteiger partial charge in [0.1, 0.15) is 10.6 Å². The van der Waals surface area contributed by atoms with Gasteiger partial charge in [0.2, 0.25) is 12.4 Å². The normalized spacial score (nSPS) is 14.0. The number of aliphatic hydroxyl groups excluding tert-OH is 1. The van der Waals surface area contributed by atoms with Gasteiger partial charge in [0, 0.05) is 24.3 Å². The third-order valence-electron chi connectivity index (χ3n) is 4.53. The predicted molar refractivity (Wildman–Crippen MR) is 107 cm³/mol. The van der Waals surface area contributed by atoms with E-state index >= 15 is 0 Å². The van der Waals surface area contributed by atoms with E-state index in [2.05, 4.69) is 15.3 Å². The molecule has 1 heterocycles. The molecule has 4 rings (SSSR count). The molecule has 1 fully saturated rings. The maximum absolute atomic E-state index is 12.6. The van der Waals surface area contributed by atoms with E-state index in [4.69, 9.17) is 9.29 Å². The van der Waals surface area contributed by atoms with E-state index < -0.39 is 10.1 Å². The Hall–Kier alpha value is -3.11. The molecule has 0 atom stereocenters. The van der Waals surface area contributed by atoms with Gasteiger partial charge in [0.15, 0.2) is 0 Å². The number of rotatable bonds is 9. The van der Waals surface area contributed by atoms with E-state index in [0.717, 1.165) is 19.3 Å². The minimum absolute atomic E-state index is 0.00993. The van der Waals surface area contributed by atoms with Crippen LogP contribution in [0.15, 0.2) is 47.4 Å². The Morgan fingerprint density at radius 3 is 2.66 bits per heavy atom. The SMILES string of the molecule is O=CN(c1nc2cc(OS(=O)(=O)c3ccc(NCCO)cc3)ccc2[nH]1)C1CC1.